The molecule has 1 heterocycles. The van der Waals surface area contributed by atoms with Gasteiger partial charge >= 0.3 is 0 Å². The predicted molar refractivity (Wildman–Crippen MR) is 105 cm³/mol. The van der Waals surface area contributed by atoms with E-state index in [1.165, 1.54) is 0 Å². The van der Waals surface area contributed by atoms with Crippen LogP contribution in [0, 0.1) is 0 Å². The van der Waals surface area contributed by atoms with Gasteiger partial charge in [-0.25, -0.2) is 0 Å². The van der Waals surface area contributed by atoms with Crippen molar-refractivity contribution >= 4 is 42.2 Å². The van der Waals surface area contributed by atoms with Gasteiger partial charge < -0.3 is 0 Å². The van der Waals surface area contributed by atoms with E-state index in [0.717, 1.165) is 20.2 Å². The average molecular weight is 311 g/mol. The minimum absolute atomic E-state index is 0.956. The van der Waals surface area contributed by atoms with Crippen LogP contribution in [0.1, 0.15) is 56.9 Å². The fourth-order valence-corrected chi connectivity index (χ4v) is 2.48. The lowest BCUT2D eigenvalue weighted by Gasteiger charge is -1.92. The second-order valence-electron chi connectivity index (χ2n) is 2.60. The van der Waals surface area contributed by atoms with Gasteiger partial charge in [0.25, 0.3) is 0 Å². The maximum absolute atomic E-state index is 4.44. The number of hydrogen-bond acceptors (Lipinski definition) is 2. The fourth-order valence-electron chi connectivity index (χ4n) is 1.09. The van der Waals surface area contributed by atoms with Crippen molar-refractivity contribution in [3.63, 3.8) is 0 Å². The summed E-state index contributed by atoms with van der Waals surface area (Å²) in [6.45, 7) is 23.1. The summed E-state index contributed by atoms with van der Waals surface area (Å²) in [4.78, 5) is 3.15. The summed E-state index contributed by atoms with van der Waals surface area (Å²) in [7, 11) is 0. The highest BCUT2D eigenvalue weighted by molar-refractivity contribution is 7.80. The van der Waals surface area contributed by atoms with Crippen molar-refractivity contribution < 1.29 is 0 Å². The van der Waals surface area contributed by atoms with E-state index in [2.05, 4.69) is 32.4 Å². The van der Waals surface area contributed by atoms with Crippen LogP contribution in [0.3, 0.4) is 0 Å². The molecule has 0 saturated carbocycles. The lowest BCUT2D eigenvalue weighted by atomic mass is 10.2. The molecule has 114 valence electrons. The van der Waals surface area contributed by atoms with Gasteiger partial charge in [-0.2, -0.15) is 0 Å². The molecular formula is C18H30S2. The molecule has 0 amide bonds. The van der Waals surface area contributed by atoms with Crippen LogP contribution in [-0.2, 0) is 0 Å². The Morgan fingerprint density at radius 2 is 1.30 bits per heavy atom. The van der Waals surface area contributed by atoms with Crippen molar-refractivity contribution in [2.45, 2.75) is 46.4 Å². The zero-order valence-electron chi connectivity index (χ0n) is 13.9. The molecule has 20 heavy (non-hydrogen) atoms. The van der Waals surface area contributed by atoms with Gasteiger partial charge in [0.1, 0.15) is 0 Å². The van der Waals surface area contributed by atoms with Gasteiger partial charge in [0.2, 0.25) is 0 Å². The third-order valence-electron chi connectivity index (χ3n) is 1.74. The Morgan fingerprint density at radius 1 is 0.850 bits per heavy atom. The Labute approximate surface area is 136 Å². The molecule has 0 aliphatic carbocycles. The van der Waals surface area contributed by atoms with Gasteiger partial charge in [0.05, 0.1) is 0 Å². The smallest absolute Gasteiger partial charge is 0.0410 e. The molecule has 1 rings (SSSR count). The van der Waals surface area contributed by atoms with E-state index in [1.54, 1.807) is 17.4 Å². The lowest BCUT2D eigenvalue weighted by molar-refractivity contribution is 1.50. The topological polar surface area (TPSA) is 0 Å². The second kappa shape index (κ2) is 18.0. The molecule has 0 N–H and O–H groups in total. The maximum atomic E-state index is 4.44. The maximum Gasteiger partial charge on any atom is 0.0410 e. The van der Waals surface area contributed by atoms with E-state index in [9.17, 15) is 0 Å². The first-order chi connectivity index (χ1) is 9.74. The van der Waals surface area contributed by atoms with Crippen molar-refractivity contribution in [2.24, 2.45) is 0 Å². The van der Waals surface area contributed by atoms with Gasteiger partial charge in [-0.3, -0.25) is 0 Å². The Balaban J connectivity index is -0.000000425. The minimum Gasteiger partial charge on any atom is -0.141 e. The molecule has 0 atom stereocenters. The van der Waals surface area contributed by atoms with Crippen LogP contribution in [0.2, 0.25) is 0 Å². The van der Waals surface area contributed by atoms with Crippen LogP contribution in [0.25, 0.3) is 18.2 Å². The van der Waals surface area contributed by atoms with Crippen LogP contribution in [0.5, 0.6) is 0 Å². The van der Waals surface area contributed by atoms with Crippen molar-refractivity contribution in [3.05, 3.63) is 47.2 Å². The molecule has 0 spiro atoms. The van der Waals surface area contributed by atoms with Gasteiger partial charge in [0.15, 0.2) is 0 Å². The number of hydrogen-bond donors (Lipinski definition) is 1. The second-order valence-corrected chi connectivity index (χ2v) is 4.13. The molecule has 0 aliphatic heterocycles. The monoisotopic (exact) mass is 310 g/mol. The molecule has 0 radical (unpaired) electrons. The molecule has 0 bridgehead atoms. The summed E-state index contributed by atoms with van der Waals surface area (Å²) in [5.74, 6) is 0. The number of thiol groups is 1. The third kappa shape index (κ3) is 8.23. The molecule has 0 aromatic carbocycles. The van der Waals surface area contributed by atoms with Crippen LogP contribution >= 0.6 is 24.0 Å². The highest BCUT2D eigenvalue weighted by Gasteiger charge is 2.08. The van der Waals surface area contributed by atoms with Crippen LogP contribution in [0.4, 0.5) is 0 Å². The largest absolute Gasteiger partial charge is 0.141 e. The van der Waals surface area contributed by atoms with Crippen molar-refractivity contribution in [1.29, 1.82) is 0 Å². The summed E-state index contributed by atoms with van der Waals surface area (Å²) in [5, 5.41) is 0. The molecule has 0 fully saturated rings. The van der Waals surface area contributed by atoms with E-state index in [-0.39, 0.29) is 0 Å². The predicted octanol–water partition coefficient (Wildman–Crippen LogP) is 7.60. The Kier molecular flexibility index (Phi) is 21.7. The van der Waals surface area contributed by atoms with Crippen LogP contribution in [0.15, 0.2) is 36.8 Å². The third-order valence-corrected chi connectivity index (χ3v) is 3.57. The summed E-state index contributed by atoms with van der Waals surface area (Å²) in [6.07, 6.45) is 9.26. The highest BCUT2D eigenvalue weighted by atomic mass is 32.1. The number of allylic oxidation sites excluding steroid dienone is 2. The Bertz CT molecular complexity index is 396. The molecule has 0 saturated heterocycles. The van der Waals surface area contributed by atoms with E-state index in [4.69, 9.17) is 0 Å². The molecular weight excluding hydrogens is 280 g/mol. The highest BCUT2D eigenvalue weighted by Crippen LogP contribution is 2.34. The van der Waals surface area contributed by atoms with E-state index in [1.807, 2.05) is 65.8 Å². The minimum atomic E-state index is 0.956. The molecule has 0 aliphatic rings. The van der Waals surface area contributed by atoms with Crippen LogP contribution < -0.4 is 0 Å². The quantitative estimate of drug-likeness (QED) is 0.429. The molecule has 1 aromatic heterocycles. The van der Waals surface area contributed by atoms with Crippen molar-refractivity contribution in [2.75, 3.05) is 0 Å². The van der Waals surface area contributed by atoms with Crippen molar-refractivity contribution in [3.8, 4) is 0 Å². The van der Waals surface area contributed by atoms with Gasteiger partial charge in [0, 0.05) is 20.2 Å². The Morgan fingerprint density at radius 3 is 1.65 bits per heavy atom. The van der Waals surface area contributed by atoms with Gasteiger partial charge in [-0.05, 0) is 0 Å². The summed E-state index contributed by atoms with van der Waals surface area (Å²) in [5.41, 5.74) is 1.09. The summed E-state index contributed by atoms with van der Waals surface area (Å²) < 4.78 is 0. The van der Waals surface area contributed by atoms with Crippen molar-refractivity contribution in [1.82, 2.24) is 0 Å². The zero-order valence-corrected chi connectivity index (χ0v) is 15.6. The average Bonchev–Trinajstić information content (AvgIpc) is 2.86. The van der Waals surface area contributed by atoms with Crippen LogP contribution in [-0.4, -0.2) is 0 Å². The summed E-state index contributed by atoms with van der Waals surface area (Å²) in [6, 6.07) is 0. The van der Waals surface area contributed by atoms with Gasteiger partial charge in [-0.1, -0.05) is 91.7 Å². The molecule has 0 nitrogen and oxygen atoms in total. The fraction of sp³-hybridized carbons (Fsp3) is 0.333. The molecule has 0 unspecified atom stereocenters. The first-order valence-electron chi connectivity index (χ1n) is 7.14. The van der Waals surface area contributed by atoms with E-state index >= 15 is 0 Å². The summed E-state index contributed by atoms with van der Waals surface area (Å²) >= 11 is 6.08. The first-order valence-corrected chi connectivity index (χ1v) is 8.40. The first kappa shape index (κ1) is 24.1. The zero-order chi connectivity index (χ0) is 16.6. The standard InChI is InChI=1S/C12H12S2.3C2H6/c1-4-7-8-9-10(5-2)14-11(6-3)12(9)13;3*1-2/h4-8,13H,1-3H2;3*1-2H3/b8-7-;;;. The lowest BCUT2D eigenvalue weighted by Crippen LogP contribution is -1.72. The number of rotatable bonds is 4. The molecule has 2 heteroatoms. The van der Waals surface area contributed by atoms with E-state index in [0.29, 0.717) is 0 Å². The van der Waals surface area contributed by atoms with E-state index < -0.39 is 0 Å². The molecule has 1 aromatic rings. The number of thiophene rings is 1. The normalized spacial score (nSPS) is 8.15. The Hall–Kier alpha value is -0.990. The SMILES string of the molecule is C=C/C=C\c1c(C=C)sc(C=C)c1S.CC.CC.CC. The van der Waals surface area contributed by atoms with Gasteiger partial charge in [-0.15, -0.1) is 24.0 Å².